The second kappa shape index (κ2) is 1.97. The van der Waals surface area contributed by atoms with E-state index in [0.29, 0.717) is 6.04 Å². The van der Waals surface area contributed by atoms with Gasteiger partial charge in [-0.3, -0.25) is 0 Å². The lowest BCUT2D eigenvalue weighted by Gasteiger charge is -2.63. The maximum atomic E-state index is 5.89. The van der Waals surface area contributed by atoms with Crippen molar-refractivity contribution in [1.82, 2.24) is 0 Å². The summed E-state index contributed by atoms with van der Waals surface area (Å²) in [4.78, 5) is 0. The first-order valence-corrected chi connectivity index (χ1v) is 4.50. The Morgan fingerprint density at radius 1 is 1.50 bits per heavy atom. The van der Waals surface area contributed by atoms with Gasteiger partial charge in [-0.1, -0.05) is 6.92 Å². The molecule has 0 spiro atoms. The number of nitrogens with two attached hydrogens (primary N) is 1. The van der Waals surface area contributed by atoms with Gasteiger partial charge in [0.1, 0.15) is 0 Å². The number of rotatable bonds is 3. The summed E-state index contributed by atoms with van der Waals surface area (Å²) in [5, 5.41) is 0. The van der Waals surface area contributed by atoms with Crippen molar-refractivity contribution in [2.24, 2.45) is 17.1 Å². The van der Waals surface area contributed by atoms with E-state index in [4.69, 9.17) is 5.73 Å². The average Bonchev–Trinajstić information content (AvgIpc) is 1.75. The first-order chi connectivity index (χ1) is 4.74. The maximum Gasteiger partial charge on any atom is 0.00414 e. The van der Waals surface area contributed by atoms with Crippen LogP contribution in [0.1, 0.15) is 39.0 Å². The van der Waals surface area contributed by atoms with Gasteiger partial charge in [-0.2, -0.15) is 0 Å². The molecule has 0 aliphatic heterocycles. The van der Waals surface area contributed by atoms with Gasteiger partial charge in [0.05, 0.1) is 0 Å². The average molecular weight is 139 g/mol. The number of hydrogen-bond donors (Lipinski definition) is 1. The monoisotopic (exact) mass is 139 g/mol. The van der Waals surface area contributed by atoms with Crippen LogP contribution in [0.4, 0.5) is 0 Å². The summed E-state index contributed by atoms with van der Waals surface area (Å²) in [5.74, 6) is 1.11. The smallest absolute Gasteiger partial charge is 0.00414 e. The van der Waals surface area contributed by atoms with Gasteiger partial charge < -0.3 is 5.73 Å². The molecule has 0 heterocycles. The Hall–Kier alpha value is -0.0400. The Kier molecular flexibility index (Phi) is 1.31. The second-order valence-electron chi connectivity index (χ2n) is 4.35. The van der Waals surface area contributed by atoms with E-state index in [2.05, 4.69) is 6.92 Å². The normalized spacial score (nSPS) is 45.6. The molecule has 3 aliphatic rings. The number of hydrogen-bond acceptors (Lipinski definition) is 1. The summed E-state index contributed by atoms with van der Waals surface area (Å²) < 4.78 is 0. The van der Waals surface area contributed by atoms with E-state index in [9.17, 15) is 0 Å². The highest BCUT2D eigenvalue weighted by atomic mass is 14.7. The molecule has 0 amide bonds. The molecule has 0 saturated heterocycles. The molecule has 1 nitrogen and oxygen atoms in total. The zero-order chi connectivity index (χ0) is 7.19. The first kappa shape index (κ1) is 6.66. The van der Waals surface area contributed by atoms with Crippen molar-refractivity contribution in [2.45, 2.75) is 45.1 Å². The Bertz CT molecular complexity index is 125. The Labute approximate surface area is 63.0 Å². The van der Waals surface area contributed by atoms with Crippen LogP contribution < -0.4 is 5.73 Å². The van der Waals surface area contributed by atoms with E-state index < -0.39 is 0 Å². The van der Waals surface area contributed by atoms with Crippen LogP contribution >= 0.6 is 0 Å². The molecule has 3 fully saturated rings. The van der Waals surface area contributed by atoms with Crippen LogP contribution in [-0.4, -0.2) is 6.04 Å². The molecule has 0 aromatic carbocycles. The van der Waals surface area contributed by atoms with E-state index in [1.165, 1.54) is 25.7 Å². The van der Waals surface area contributed by atoms with Gasteiger partial charge in [0, 0.05) is 6.04 Å². The molecule has 58 valence electrons. The van der Waals surface area contributed by atoms with Crippen LogP contribution in [0.3, 0.4) is 0 Å². The third kappa shape index (κ3) is 0.800. The second-order valence-corrected chi connectivity index (χ2v) is 4.35. The van der Waals surface area contributed by atoms with Gasteiger partial charge in [-0.05, 0) is 43.4 Å². The standard InChI is InChI=1S/C9H17N/c1-2-8(10)6-9-3-7(4-9)5-9/h7-8H,2-6,10H2,1H3/t7?,8-,9?/m1/s1. The van der Waals surface area contributed by atoms with Gasteiger partial charge in [-0.15, -0.1) is 0 Å². The van der Waals surface area contributed by atoms with Crippen molar-refractivity contribution in [2.75, 3.05) is 0 Å². The fourth-order valence-corrected chi connectivity index (χ4v) is 2.61. The summed E-state index contributed by atoms with van der Waals surface area (Å²) >= 11 is 0. The fraction of sp³-hybridized carbons (Fsp3) is 1.00. The van der Waals surface area contributed by atoms with Crippen molar-refractivity contribution in [3.05, 3.63) is 0 Å². The molecule has 10 heavy (non-hydrogen) atoms. The minimum Gasteiger partial charge on any atom is -0.328 e. The third-order valence-electron chi connectivity index (χ3n) is 3.38. The summed E-state index contributed by atoms with van der Waals surface area (Å²) in [6, 6.07) is 0.487. The lowest BCUT2D eigenvalue weighted by atomic mass is 9.43. The van der Waals surface area contributed by atoms with Crippen molar-refractivity contribution in [3.63, 3.8) is 0 Å². The predicted octanol–water partition coefficient (Wildman–Crippen LogP) is 1.91. The first-order valence-electron chi connectivity index (χ1n) is 4.50. The topological polar surface area (TPSA) is 26.0 Å². The van der Waals surface area contributed by atoms with Crippen molar-refractivity contribution >= 4 is 0 Å². The predicted molar refractivity (Wildman–Crippen MR) is 42.7 cm³/mol. The Morgan fingerprint density at radius 3 is 2.40 bits per heavy atom. The summed E-state index contributed by atoms with van der Waals surface area (Å²) in [7, 11) is 0. The Morgan fingerprint density at radius 2 is 2.10 bits per heavy atom. The zero-order valence-corrected chi connectivity index (χ0v) is 6.77. The molecule has 0 radical (unpaired) electrons. The van der Waals surface area contributed by atoms with Crippen LogP contribution in [0.25, 0.3) is 0 Å². The zero-order valence-electron chi connectivity index (χ0n) is 6.77. The highest BCUT2D eigenvalue weighted by molar-refractivity contribution is 5.07. The van der Waals surface area contributed by atoms with Crippen LogP contribution in [0.2, 0.25) is 0 Å². The molecule has 3 saturated carbocycles. The van der Waals surface area contributed by atoms with Crippen LogP contribution in [-0.2, 0) is 0 Å². The summed E-state index contributed by atoms with van der Waals surface area (Å²) in [6.45, 7) is 2.19. The van der Waals surface area contributed by atoms with E-state index >= 15 is 0 Å². The molecule has 0 aromatic heterocycles. The van der Waals surface area contributed by atoms with E-state index in [0.717, 1.165) is 17.8 Å². The largest absolute Gasteiger partial charge is 0.328 e. The van der Waals surface area contributed by atoms with Gasteiger partial charge in [-0.25, -0.2) is 0 Å². The van der Waals surface area contributed by atoms with Gasteiger partial charge >= 0.3 is 0 Å². The SMILES string of the molecule is CC[C@@H](N)CC12CC(C1)C2. The molecule has 0 unspecified atom stereocenters. The van der Waals surface area contributed by atoms with E-state index in [1.807, 2.05) is 0 Å². The van der Waals surface area contributed by atoms with Crippen molar-refractivity contribution < 1.29 is 0 Å². The summed E-state index contributed by atoms with van der Waals surface area (Å²) in [6.07, 6.45) is 6.97. The van der Waals surface area contributed by atoms with Crippen molar-refractivity contribution in [3.8, 4) is 0 Å². The van der Waals surface area contributed by atoms with Crippen LogP contribution in [0.5, 0.6) is 0 Å². The highest BCUT2D eigenvalue weighted by Gasteiger charge is 2.56. The third-order valence-corrected chi connectivity index (χ3v) is 3.38. The lowest BCUT2D eigenvalue weighted by Crippen LogP contribution is -2.53. The van der Waals surface area contributed by atoms with E-state index in [1.54, 1.807) is 0 Å². The molecular weight excluding hydrogens is 122 g/mol. The Balaban J connectivity index is 1.79. The molecule has 3 aliphatic carbocycles. The molecular formula is C9H17N. The fourth-order valence-electron chi connectivity index (χ4n) is 2.61. The minimum absolute atomic E-state index is 0.487. The maximum absolute atomic E-state index is 5.89. The lowest BCUT2D eigenvalue weighted by molar-refractivity contribution is -0.116. The molecule has 0 aromatic rings. The highest BCUT2D eigenvalue weighted by Crippen LogP contribution is 2.66. The quantitative estimate of drug-likeness (QED) is 0.635. The van der Waals surface area contributed by atoms with Gasteiger partial charge in [0.15, 0.2) is 0 Å². The van der Waals surface area contributed by atoms with E-state index in [-0.39, 0.29) is 0 Å². The molecule has 2 bridgehead atoms. The molecule has 3 rings (SSSR count). The summed E-state index contributed by atoms with van der Waals surface area (Å²) in [5.41, 5.74) is 6.66. The van der Waals surface area contributed by atoms with Crippen LogP contribution in [0, 0.1) is 11.3 Å². The van der Waals surface area contributed by atoms with Crippen LogP contribution in [0.15, 0.2) is 0 Å². The molecule has 2 N–H and O–H groups in total. The molecule has 1 atom stereocenters. The minimum atomic E-state index is 0.487. The van der Waals surface area contributed by atoms with Crippen molar-refractivity contribution in [1.29, 1.82) is 0 Å². The molecule has 1 heteroatoms. The van der Waals surface area contributed by atoms with Gasteiger partial charge in [0.25, 0.3) is 0 Å². The van der Waals surface area contributed by atoms with Gasteiger partial charge in [0.2, 0.25) is 0 Å².